The van der Waals surface area contributed by atoms with Crippen LogP contribution in [0.1, 0.15) is 10.4 Å². The fraction of sp³-hybridized carbons (Fsp3) is 0.0909. The molecule has 0 aliphatic rings. The molecule has 0 radical (unpaired) electrons. The Bertz CT molecular complexity index is 1160. The predicted octanol–water partition coefficient (Wildman–Crippen LogP) is 4.74. The average Bonchev–Trinajstić information content (AvgIpc) is 2.79. The quantitative estimate of drug-likeness (QED) is 0.271. The molecule has 0 heterocycles. The zero-order valence-electron chi connectivity index (χ0n) is 16.9. The first kappa shape index (κ1) is 23.1. The highest BCUT2D eigenvalue weighted by Gasteiger charge is 2.20. The number of hydrogen-bond donors (Lipinski definition) is 2. The normalized spacial score (nSPS) is 10.4. The fourth-order valence-corrected chi connectivity index (χ4v) is 2.76. The van der Waals surface area contributed by atoms with Crippen LogP contribution >= 0.6 is 0 Å². The van der Waals surface area contributed by atoms with Gasteiger partial charge in [0.15, 0.2) is 6.61 Å². The summed E-state index contributed by atoms with van der Waals surface area (Å²) in [4.78, 5) is 35.1. The van der Waals surface area contributed by atoms with E-state index in [2.05, 4.69) is 15.4 Å². The lowest BCUT2D eigenvalue weighted by Crippen LogP contribution is -2.21. The van der Waals surface area contributed by atoms with E-state index in [4.69, 9.17) is 4.74 Å². The molecule has 0 bridgehead atoms. The Morgan fingerprint density at radius 1 is 0.970 bits per heavy atom. The van der Waals surface area contributed by atoms with Gasteiger partial charge < -0.3 is 20.1 Å². The molecule has 0 unspecified atom stereocenters. The number of carbonyl (C=O) groups is 2. The van der Waals surface area contributed by atoms with E-state index in [0.717, 1.165) is 6.07 Å². The number of esters is 1. The molecule has 0 fully saturated rings. The van der Waals surface area contributed by atoms with Gasteiger partial charge in [-0.15, -0.1) is 0 Å². The van der Waals surface area contributed by atoms with Crippen molar-refractivity contribution >= 4 is 34.6 Å². The average molecular weight is 457 g/mol. The van der Waals surface area contributed by atoms with Crippen molar-refractivity contribution in [1.82, 2.24) is 0 Å². The monoisotopic (exact) mass is 457 g/mol. The smallest absolute Gasteiger partial charge is 0.387 e. The van der Waals surface area contributed by atoms with E-state index < -0.39 is 30.0 Å². The van der Waals surface area contributed by atoms with Crippen LogP contribution in [0.15, 0.2) is 72.8 Å². The largest absolute Gasteiger partial charge is 0.452 e. The second kappa shape index (κ2) is 10.7. The zero-order chi connectivity index (χ0) is 23.8. The molecule has 0 aromatic heterocycles. The molecule has 1 amide bonds. The molecular formula is C22H17F2N3O6. The molecule has 9 nitrogen and oxygen atoms in total. The predicted molar refractivity (Wildman–Crippen MR) is 115 cm³/mol. The molecule has 0 saturated carbocycles. The summed E-state index contributed by atoms with van der Waals surface area (Å²) in [6.07, 6.45) is 0. The van der Waals surface area contributed by atoms with Crippen LogP contribution in [0.5, 0.6) is 5.75 Å². The Kier molecular flexibility index (Phi) is 7.47. The maximum atomic E-state index is 12.5. The highest BCUT2D eigenvalue weighted by Crippen LogP contribution is 2.29. The molecule has 3 aromatic rings. The van der Waals surface area contributed by atoms with Gasteiger partial charge in [-0.2, -0.15) is 8.78 Å². The van der Waals surface area contributed by atoms with Crippen molar-refractivity contribution in [3.8, 4) is 5.75 Å². The number of rotatable bonds is 9. The maximum Gasteiger partial charge on any atom is 0.387 e. The van der Waals surface area contributed by atoms with Crippen LogP contribution in [0, 0.1) is 10.1 Å². The summed E-state index contributed by atoms with van der Waals surface area (Å²) in [5.41, 5.74) is 0.232. The van der Waals surface area contributed by atoms with Gasteiger partial charge in [0.05, 0.1) is 16.2 Å². The summed E-state index contributed by atoms with van der Waals surface area (Å²) >= 11 is 0. The lowest BCUT2D eigenvalue weighted by atomic mass is 10.1. The van der Waals surface area contributed by atoms with Crippen LogP contribution in [0.3, 0.4) is 0 Å². The molecule has 0 spiro atoms. The molecule has 0 aliphatic carbocycles. The van der Waals surface area contributed by atoms with E-state index in [0.29, 0.717) is 5.69 Å². The molecule has 2 N–H and O–H groups in total. The number of amides is 1. The third kappa shape index (κ3) is 6.47. The van der Waals surface area contributed by atoms with Crippen LogP contribution in [-0.4, -0.2) is 30.0 Å². The SMILES string of the molecule is O=C(COC(=O)c1ccc(Nc2ccccc2)c([N+](=O)[O-])c1)Nc1ccccc1OC(F)F. The first-order valence-corrected chi connectivity index (χ1v) is 9.45. The summed E-state index contributed by atoms with van der Waals surface area (Å²) in [6, 6.07) is 17.9. The van der Waals surface area contributed by atoms with Gasteiger partial charge in [0.1, 0.15) is 11.4 Å². The standard InChI is InChI=1S/C22H17F2N3O6/c23-22(24)33-19-9-5-4-8-17(19)26-20(28)13-32-21(29)14-10-11-16(18(12-14)27(30)31)25-15-6-2-1-3-7-15/h1-12,22,25H,13H2,(H,26,28). The molecule has 0 saturated heterocycles. The third-order valence-corrected chi connectivity index (χ3v) is 4.19. The topological polar surface area (TPSA) is 120 Å². The van der Waals surface area contributed by atoms with Gasteiger partial charge in [-0.1, -0.05) is 30.3 Å². The Hall–Kier alpha value is -4.54. The molecule has 3 rings (SSSR count). The molecule has 3 aromatic carbocycles. The number of anilines is 3. The van der Waals surface area contributed by atoms with Crippen LogP contribution in [0.4, 0.5) is 31.5 Å². The molecule has 0 aliphatic heterocycles. The Labute approximate surface area is 186 Å². The van der Waals surface area contributed by atoms with Crippen molar-refractivity contribution in [2.45, 2.75) is 6.61 Å². The number of nitro benzene ring substituents is 1. The second-order valence-corrected chi connectivity index (χ2v) is 6.48. The molecule has 33 heavy (non-hydrogen) atoms. The highest BCUT2D eigenvalue weighted by molar-refractivity contribution is 5.97. The fourth-order valence-electron chi connectivity index (χ4n) is 2.76. The van der Waals surface area contributed by atoms with Gasteiger partial charge in [0.2, 0.25) is 0 Å². The van der Waals surface area contributed by atoms with Gasteiger partial charge in [0.25, 0.3) is 11.6 Å². The van der Waals surface area contributed by atoms with Crippen molar-refractivity contribution in [3.63, 3.8) is 0 Å². The van der Waals surface area contributed by atoms with Gasteiger partial charge in [-0.25, -0.2) is 4.79 Å². The minimum absolute atomic E-state index is 0.0363. The van der Waals surface area contributed by atoms with Crippen molar-refractivity contribution < 1.29 is 32.8 Å². The number of para-hydroxylation sites is 3. The number of nitro groups is 1. The lowest BCUT2D eigenvalue weighted by molar-refractivity contribution is -0.383. The molecular weight excluding hydrogens is 440 g/mol. The molecule has 11 heteroatoms. The number of hydrogen-bond acceptors (Lipinski definition) is 7. The van der Waals surface area contributed by atoms with Crippen LogP contribution in [0.25, 0.3) is 0 Å². The Morgan fingerprint density at radius 3 is 2.36 bits per heavy atom. The van der Waals surface area contributed by atoms with Gasteiger partial charge in [0, 0.05) is 11.8 Å². The van der Waals surface area contributed by atoms with E-state index in [1.165, 1.54) is 36.4 Å². The van der Waals surface area contributed by atoms with Gasteiger partial charge >= 0.3 is 12.6 Å². The van der Waals surface area contributed by atoms with E-state index in [9.17, 15) is 28.5 Å². The Balaban J connectivity index is 1.65. The van der Waals surface area contributed by atoms with E-state index in [-0.39, 0.29) is 28.4 Å². The summed E-state index contributed by atoms with van der Waals surface area (Å²) in [7, 11) is 0. The van der Waals surface area contributed by atoms with Crippen LogP contribution in [-0.2, 0) is 9.53 Å². The van der Waals surface area contributed by atoms with Gasteiger partial charge in [-0.3, -0.25) is 14.9 Å². The zero-order valence-corrected chi connectivity index (χ0v) is 16.9. The van der Waals surface area contributed by atoms with Crippen molar-refractivity contribution in [3.05, 3.63) is 88.5 Å². The first-order chi connectivity index (χ1) is 15.8. The molecule has 0 atom stereocenters. The van der Waals surface area contributed by atoms with Crippen molar-refractivity contribution in [2.75, 3.05) is 17.2 Å². The minimum Gasteiger partial charge on any atom is -0.452 e. The number of nitrogens with one attached hydrogen (secondary N) is 2. The van der Waals surface area contributed by atoms with E-state index >= 15 is 0 Å². The van der Waals surface area contributed by atoms with E-state index in [1.54, 1.807) is 30.3 Å². The number of halogens is 2. The first-order valence-electron chi connectivity index (χ1n) is 9.45. The third-order valence-electron chi connectivity index (χ3n) is 4.19. The molecule has 170 valence electrons. The summed E-state index contributed by atoms with van der Waals surface area (Å²) in [6.45, 7) is -3.84. The lowest BCUT2D eigenvalue weighted by Gasteiger charge is -2.12. The number of nitrogens with zero attached hydrogens (tertiary/aromatic N) is 1. The second-order valence-electron chi connectivity index (χ2n) is 6.48. The number of alkyl halides is 2. The van der Waals surface area contributed by atoms with Gasteiger partial charge in [-0.05, 0) is 36.4 Å². The van der Waals surface area contributed by atoms with Crippen LogP contribution < -0.4 is 15.4 Å². The number of ether oxygens (including phenoxy) is 2. The van der Waals surface area contributed by atoms with Crippen LogP contribution in [0.2, 0.25) is 0 Å². The van der Waals surface area contributed by atoms with Crippen molar-refractivity contribution in [1.29, 1.82) is 0 Å². The maximum absolute atomic E-state index is 12.5. The number of carbonyl (C=O) groups excluding carboxylic acids is 2. The number of benzene rings is 3. The summed E-state index contributed by atoms with van der Waals surface area (Å²) < 4.78 is 34.1. The Morgan fingerprint density at radius 2 is 1.67 bits per heavy atom. The van der Waals surface area contributed by atoms with Crippen molar-refractivity contribution in [2.24, 2.45) is 0 Å². The highest BCUT2D eigenvalue weighted by atomic mass is 19.3. The summed E-state index contributed by atoms with van der Waals surface area (Å²) in [5, 5.41) is 16.6. The van der Waals surface area contributed by atoms with E-state index in [1.807, 2.05) is 0 Å². The summed E-state index contributed by atoms with van der Waals surface area (Å²) in [5.74, 6) is -2.05. The minimum atomic E-state index is -3.09.